The summed E-state index contributed by atoms with van der Waals surface area (Å²) >= 11 is 0. The summed E-state index contributed by atoms with van der Waals surface area (Å²) in [5, 5.41) is 23.2. The molecule has 0 aliphatic heterocycles. The van der Waals surface area contributed by atoms with E-state index in [1.165, 1.54) is 347 Å². The fourth-order valence-electron chi connectivity index (χ4n) is 11.8. The lowest BCUT2D eigenvalue weighted by molar-refractivity contribution is -0.143. The van der Waals surface area contributed by atoms with E-state index in [0.29, 0.717) is 25.9 Å². The average Bonchev–Trinajstić information content (AvgIpc) is 3.45. The fourth-order valence-corrected chi connectivity index (χ4v) is 11.8. The molecule has 0 aromatic carbocycles. The molecule has 0 aliphatic rings. The SMILES string of the molecule is CCCCCCCCC/C=C\CCCCCCCCCC(=O)OCCCCCCCCCCCCCCCCCCCCCCCCCCCCCCCCCCCC(=O)NC(CO)C(O)CCCCCCCCCCCCC. The third-order valence-corrected chi connectivity index (χ3v) is 17.3. The zero-order chi connectivity index (χ0) is 57.1. The first-order chi connectivity index (χ1) is 39.0. The zero-order valence-corrected chi connectivity index (χ0v) is 53.9. The van der Waals surface area contributed by atoms with Gasteiger partial charge in [0.25, 0.3) is 0 Å². The fraction of sp³-hybridized carbons (Fsp3) is 0.945. The number of aliphatic hydroxyl groups excluding tert-OH is 2. The monoisotopic (exact) mass is 1110 g/mol. The molecule has 0 aromatic heterocycles. The predicted molar refractivity (Wildman–Crippen MR) is 347 cm³/mol. The van der Waals surface area contributed by atoms with Crippen LogP contribution in [0.15, 0.2) is 12.2 Å². The highest BCUT2D eigenvalue weighted by molar-refractivity contribution is 5.76. The minimum atomic E-state index is -0.658. The largest absolute Gasteiger partial charge is 0.466 e. The molecule has 6 nitrogen and oxygen atoms in total. The second kappa shape index (κ2) is 69.1. The molecule has 0 rings (SSSR count). The second-order valence-corrected chi connectivity index (χ2v) is 25.3. The minimum Gasteiger partial charge on any atom is -0.466 e. The van der Waals surface area contributed by atoms with Gasteiger partial charge in [-0.3, -0.25) is 9.59 Å². The van der Waals surface area contributed by atoms with Crippen LogP contribution in [0.1, 0.15) is 418 Å². The molecule has 0 bridgehead atoms. The minimum absolute atomic E-state index is 0.0197. The van der Waals surface area contributed by atoms with Crippen molar-refractivity contribution in [3.63, 3.8) is 0 Å². The first-order valence-electron chi connectivity index (χ1n) is 36.4. The Morgan fingerprint density at radius 2 is 0.595 bits per heavy atom. The highest BCUT2D eigenvalue weighted by atomic mass is 16.5. The first-order valence-corrected chi connectivity index (χ1v) is 36.4. The Labute approximate surface area is 495 Å². The van der Waals surface area contributed by atoms with Gasteiger partial charge in [-0.25, -0.2) is 0 Å². The van der Waals surface area contributed by atoms with Crippen molar-refractivity contribution in [1.82, 2.24) is 5.32 Å². The zero-order valence-electron chi connectivity index (χ0n) is 53.9. The lowest BCUT2D eigenvalue weighted by atomic mass is 10.0. The number of hydrogen-bond donors (Lipinski definition) is 3. The van der Waals surface area contributed by atoms with Gasteiger partial charge in [0.1, 0.15) is 0 Å². The van der Waals surface area contributed by atoms with Crippen molar-refractivity contribution in [2.24, 2.45) is 0 Å². The molecule has 0 spiro atoms. The number of allylic oxidation sites excluding steroid dienone is 2. The van der Waals surface area contributed by atoms with Gasteiger partial charge in [0.05, 0.1) is 25.4 Å². The van der Waals surface area contributed by atoms with Crippen molar-refractivity contribution < 1.29 is 24.5 Å². The van der Waals surface area contributed by atoms with E-state index in [2.05, 4.69) is 31.3 Å². The Morgan fingerprint density at radius 1 is 0.342 bits per heavy atom. The molecule has 0 saturated heterocycles. The molecule has 470 valence electrons. The highest BCUT2D eigenvalue weighted by Gasteiger charge is 2.20. The number of amides is 1. The van der Waals surface area contributed by atoms with Gasteiger partial charge < -0.3 is 20.3 Å². The Morgan fingerprint density at radius 3 is 0.899 bits per heavy atom. The molecule has 6 heteroatoms. The van der Waals surface area contributed by atoms with E-state index in [0.717, 1.165) is 38.5 Å². The molecule has 3 N–H and O–H groups in total. The van der Waals surface area contributed by atoms with E-state index in [9.17, 15) is 19.8 Å². The van der Waals surface area contributed by atoms with Gasteiger partial charge in [-0.2, -0.15) is 0 Å². The molecule has 2 atom stereocenters. The molecular formula is C73H143NO5. The van der Waals surface area contributed by atoms with Crippen molar-refractivity contribution in [2.75, 3.05) is 13.2 Å². The number of hydrogen-bond acceptors (Lipinski definition) is 5. The van der Waals surface area contributed by atoms with E-state index >= 15 is 0 Å². The molecule has 0 fully saturated rings. The lowest BCUT2D eigenvalue weighted by Gasteiger charge is -2.22. The Bertz CT molecular complexity index is 1190. The molecule has 1 amide bonds. The summed E-state index contributed by atoms with van der Waals surface area (Å²) in [6.45, 7) is 4.98. The van der Waals surface area contributed by atoms with Gasteiger partial charge in [0, 0.05) is 12.8 Å². The normalized spacial score (nSPS) is 12.5. The van der Waals surface area contributed by atoms with Crippen LogP contribution in [0.3, 0.4) is 0 Å². The summed E-state index contributed by atoms with van der Waals surface area (Å²) in [6, 6.07) is -0.535. The van der Waals surface area contributed by atoms with Gasteiger partial charge in [-0.1, -0.05) is 366 Å². The van der Waals surface area contributed by atoms with Gasteiger partial charge in [-0.15, -0.1) is 0 Å². The van der Waals surface area contributed by atoms with Crippen LogP contribution in [0.25, 0.3) is 0 Å². The number of ether oxygens (including phenoxy) is 1. The van der Waals surface area contributed by atoms with Gasteiger partial charge >= 0.3 is 5.97 Å². The summed E-state index contributed by atoms with van der Waals surface area (Å²) in [6.07, 6.45) is 85.7. The van der Waals surface area contributed by atoms with E-state index in [1.807, 2.05) is 0 Å². The van der Waals surface area contributed by atoms with Crippen LogP contribution in [0.5, 0.6) is 0 Å². The summed E-state index contributed by atoms with van der Waals surface area (Å²) in [5.41, 5.74) is 0. The Hall–Kier alpha value is -1.40. The number of carbonyl (C=O) groups excluding carboxylic acids is 2. The summed E-state index contributed by atoms with van der Waals surface area (Å²) < 4.78 is 5.51. The third-order valence-electron chi connectivity index (χ3n) is 17.3. The van der Waals surface area contributed by atoms with Crippen LogP contribution < -0.4 is 5.32 Å². The Balaban J connectivity index is 3.28. The second-order valence-electron chi connectivity index (χ2n) is 25.3. The number of aliphatic hydroxyl groups is 2. The standard InChI is InChI=1S/C73H143NO5/c1-3-5-7-9-11-13-15-16-17-18-37-40-43-47-51-55-59-63-67-73(78)79-68-64-60-56-52-48-44-41-38-35-33-31-29-27-25-23-21-19-20-22-24-26-28-30-32-34-36-39-42-46-50-54-58-62-66-72(77)74-70(69-75)71(76)65-61-57-53-49-45-14-12-10-8-6-4-2/h17-18,70-71,75-76H,3-16,19-69H2,1-2H3,(H,74,77)/b18-17-. The number of unbranched alkanes of at least 4 members (excludes halogenated alkanes) is 56. The van der Waals surface area contributed by atoms with Crippen LogP contribution in [0.4, 0.5) is 0 Å². The maximum Gasteiger partial charge on any atom is 0.305 e. The molecule has 0 saturated carbocycles. The summed E-state index contributed by atoms with van der Waals surface area (Å²) in [7, 11) is 0. The summed E-state index contributed by atoms with van der Waals surface area (Å²) in [5.74, 6) is -0.00906. The van der Waals surface area contributed by atoms with Crippen LogP contribution >= 0.6 is 0 Å². The lowest BCUT2D eigenvalue weighted by Crippen LogP contribution is -2.45. The van der Waals surface area contributed by atoms with Crippen LogP contribution in [-0.4, -0.2) is 47.4 Å². The first kappa shape index (κ1) is 77.6. The maximum atomic E-state index is 12.5. The highest BCUT2D eigenvalue weighted by Crippen LogP contribution is 2.19. The molecule has 2 unspecified atom stereocenters. The Kier molecular flexibility index (Phi) is 67.9. The number of rotatable bonds is 69. The van der Waals surface area contributed by atoms with Crippen molar-refractivity contribution >= 4 is 11.9 Å². The molecule has 0 radical (unpaired) electrons. The van der Waals surface area contributed by atoms with Gasteiger partial charge in [0.15, 0.2) is 0 Å². The molecule has 0 aromatic rings. The maximum absolute atomic E-state index is 12.5. The number of nitrogens with one attached hydrogen (secondary N) is 1. The third kappa shape index (κ3) is 65.6. The smallest absolute Gasteiger partial charge is 0.305 e. The van der Waals surface area contributed by atoms with Crippen molar-refractivity contribution in [2.45, 2.75) is 431 Å². The van der Waals surface area contributed by atoms with Gasteiger partial charge in [0.2, 0.25) is 5.91 Å². The van der Waals surface area contributed by atoms with Crippen molar-refractivity contribution in [3.05, 3.63) is 12.2 Å². The molecule has 0 aliphatic carbocycles. The van der Waals surface area contributed by atoms with E-state index in [4.69, 9.17) is 4.74 Å². The van der Waals surface area contributed by atoms with Crippen molar-refractivity contribution in [3.8, 4) is 0 Å². The van der Waals surface area contributed by atoms with Crippen LogP contribution in [-0.2, 0) is 14.3 Å². The summed E-state index contributed by atoms with van der Waals surface area (Å²) in [4.78, 5) is 24.6. The molecule has 0 heterocycles. The topological polar surface area (TPSA) is 95.9 Å². The number of carbonyl (C=O) groups is 2. The van der Waals surface area contributed by atoms with Crippen LogP contribution in [0, 0.1) is 0 Å². The van der Waals surface area contributed by atoms with Crippen molar-refractivity contribution in [1.29, 1.82) is 0 Å². The van der Waals surface area contributed by atoms with Crippen LogP contribution in [0.2, 0.25) is 0 Å². The van der Waals surface area contributed by atoms with E-state index in [1.54, 1.807) is 0 Å². The molecular weight excluding hydrogens is 971 g/mol. The molecule has 79 heavy (non-hydrogen) atoms. The van der Waals surface area contributed by atoms with E-state index < -0.39 is 12.1 Å². The quantitative estimate of drug-likeness (QED) is 0.0320. The predicted octanol–water partition coefficient (Wildman–Crippen LogP) is 23.5. The average molecular weight is 1110 g/mol. The van der Waals surface area contributed by atoms with Gasteiger partial charge in [-0.05, 0) is 51.4 Å². The number of esters is 1. The van der Waals surface area contributed by atoms with E-state index in [-0.39, 0.29) is 18.5 Å².